The van der Waals surface area contributed by atoms with Crippen molar-refractivity contribution in [3.05, 3.63) is 0 Å². The van der Waals surface area contributed by atoms with E-state index in [4.69, 9.17) is 0 Å². The molecule has 1 heterocycles. The van der Waals surface area contributed by atoms with Gasteiger partial charge in [0.25, 0.3) is 0 Å². The number of hydrazine groups is 1. The van der Waals surface area contributed by atoms with Crippen LogP contribution in [0.15, 0.2) is 0 Å². The third-order valence-corrected chi connectivity index (χ3v) is 3.99. The number of hydrogen-bond donors (Lipinski definition) is 2. The SMILES string of the molecule is CC(C)C[C@@H](C=O)NC(=O)[C@@H]1CCCN1N[C@H](C=O)CC(C)C. The van der Waals surface area contributed by atoms with E-state index in [1.807, 2.05) is 18.9 Å². The van der Waals surface area contributed by atoms with Gasteiger partial charge in [0.15, 0.2) is 0 Å². The Morgan fingerprint density at radius 2 is 1.65 bits per heavy atom. The van der Waals surface area contributed by atoms with Crippen molar-refractivity contribution in [2.24, 2.45) is 11.8 Å². The van der Waals surface area contributed by atoms with Gasteiger partial charge >= 0.3 is 0 Å². The van der Waals surface area contributed by atoms with Crippen molar-refractivity contribution in [1.82, 2.24) is 15.8 Å². The first-order valence-electron chi connectivity index (χ1n) is 8.61. The van der Waals surface area contributed by atoms with Crippen LogP contribution in [0.2, 0.25) is 0 Å². The molecule has 0 aliphatic carbocycles. The topological polar surface area (TPSA) is 78.5 Å². The smallest absolute Gasteiger partial charge is 0.239 e. The van der Waals surface area contributed by atoms with Crippen LogP contribution in [0.25, 0.3) is 0 Å². The van der Waals surface area contributed by atoms with Gasteiger partial charge in [-0.2, -0.15) is 0 Å². The Morgan fingerprint density at radius 1 is 1.09 bits per heavy atom. The van der Waals surface area contributed by atoms with Crippen molar-refractivity contribution in [3.8, 4) is 0 Å². The first kappa shape index (κ1) is 19.8. The maximum atomic E-state index is 12.5. The molecule has 0 unspecified atom stereocenters. The van der Waals surface area contributed by atoms with Crippen LogP contribution in [0.5, 0.6) is 0 Å². The average Bonchev–Trinajstić information content (AvgIpc) is 2.92. The zero-order valence-electron chi connectivity index (χ0n) is 14.7. The summed E-state index contributed by atoms with van der Waals surface area (Å²) in [6.45, 7) is 8.90. The zero-order valence-corrected chi connectivity index (χ0v) is 14.7. The molecule has 1 amide bonds. The molecular weight excluding hydrogens is 294 g/mol. The van der Waals surface area contributed by atoms with Crippen LogP contribution in [0.4, 0.5) is 0 Å². The molecule has 2 N–H and O–H groups in total. The summed E-state index contributed by atoms with van der Waals surface area (Å²) in [5, 5.41) is 4.68. The maximum Gasteiger partial charge on any atom is 0.239 e. The highest BCUT2D eigenvalue weighted by Gasteiger charge is 2.33. The molecule has 0 spiro atoms. The van der Waals surface area contributed by atoms with E-state index in [0.29, 0.717) is 18.3 Å². The number of aldehydes is 2. The number of nitrogens with zero attached hydrogens (tertiary/aromatic N) is 1. The van der Waals surface area contributed by atoms with Gasteiger partial charge in [0, 0.05) is 6.54 Å². The second-order valence-corrected chi connectivity index (χ2v) is 7.23. The number of hydrogen-bond acceptors (Lipinski definition) is 5. The highest BCUT2D eigenvalue weighted by atomic mass is 16.2. The van der Waals surface area contributed by atoms with Crippen molar-refractivity contribution in [2.45, 2.75) is 71.5 Å². The van der Waals surface area contributed by atoms with Gasteiger partial charge in [-0.05, 0) is 37.5 Å². The van der Waals surface area contributed by atoms with Crippen molar-refractivity contribution >= 4 is 18.5 Å². The fourth-order valence-corrected chi connectivity index (χ4v) is 2.99. The molecule has 1 aliphatic rings. The van der Waals surface area contributed by atoms with Gasteiger partial charge in [0.1, 0.15) is 18.6 Å². The fourth-order valence-electron chi connectivity index (χ4n) is 2.99. The van der Waals surface area contributed by atoms with Crippen molar-refractivity contribution in [1.29, 1.82) is 0 Å². The monoisotopic (exact) mass is 325 g/mol. The highest BCUT2D eigenvalue weighted by molar-refractivity contribution is 5.84. The summed E-state index contributed by atoms with van der Waals surface area (Å²) in [6.07, 6.45) is 4.71. The van der Waals surface area contributed by atoms with E-state index in [9.17, 15) is 14.4 Å². The molecule has 132 valence electrons. The molecule has 0 bridgehead atoms. The van der Waals surface area contributed by atoms with Gasteiger partial charge in [-0.1, -0.05) is 27.7 Å². The van der Waals surface area contributed by atoms with Gasteiger partial charge in [0.05, 0.1) is 12.1 Å². The van der Waals surface area contributed by atoms with Gasteiger partial charge < -0.3 is 14.9 Å². The Kier molecular flexibility index (Phi) is 8.41. The quantitative estimate of drug-likeness (QED) is 0.592. The second-order valence-electron chi connectivity index (χ2n) is 7.23. The van der Waals surface area contributed by atoms with E-state index in [0.717, 1.165) is 38.4 Å². The van der Waals surface area contributed by atoms with Crippen molar-refractivity contribution in [2.75, 3.05) is 6.54 Å². The van der Waals surface area contributed by atoms with Gasteiger partial charge in [-0.15, -0.1) is 0 Å². The lowest BCUT2D eigenvalue weighted by Crippen LogP contribution is -2.55. The molecule has 0 saturated carbocycles. The molecule has 0 radical (unpaired) electrons. The van der Waals surface area contributed by atoms with Gasteiger partial charge in [0.2, 0.25) is 5.91 Å². The molecule has 0 aromatic carbocycles. The number of nitrogens with one attached hydrogen (secondary N) is 2. The second kappa shape index (κ2) is 9.78. The summed E-state index contributed by atoms with van der Waals surface area (Å²) in [5.41, 5.74) is 3.18. The van der Waals surface area contributed by atoms with Crippen LogP contribution in [-0.4, -0.2) is 48.2 Å². The summed E-state index contributed by atoms with van der Waals surface area (Å²) in [4.78, 5) is 34.8. The van der Waals surface area contributed by atoms with E-state index in [2.05, 4.69) is 24.6 Å². The third kappa shape index (κ3) is 6.79. The Labute approximate surface area is 139 Å². The summed E-state index contributed by atoms with van der Waals surface area (Å²) < 4.78 is 0. The fraction of sp³-hybridized carbons (Fsp3) is 0.824. The summed E-state index contributed by atoms with van der Waals surface area (Å²) in [7, 11) is 0. The lowest BCUT2D eigenvalue weighted by atomic mass is 10.0. The van der Waals surface area contributed by atoms with E-state index in [-0.39, 0.29) is 18.0 Å². The van der Waals surface area contributed by atoms with Crippen LogP contribution in [0.3, 0.4) is 0 Å². The molecule has 1 fully saturated rings. The molecular formula is C17H31N3O3. The number of rotatable bonds is 10. The molecule has 3 atom stereocenters. The predicted octanol–water partition coefficient (Wildman–Crippen LogP) is 1.30. The number of carbonyl (C=O) groups excluding carboxylic acids is 3. The number of carbonyl (C=O) groups is 3. The van der Waals surface area contributed by atoms with Crippen molar-refractivity contribution in [3.63, 3.8) is 0 Å². The maximum absolute atomic E-state index is 12.5. The minimum atomic E-state index is -0.442. The Hall–Kier alpha value is -1.27. The zero-order chi connectivity index (χ0) is 17.4. The van der Waals surface area contributed by atoms with Crippen LogP contribution in [0.1, 0.15) is 53.4 Å². The summed E-state index contributed by atoms with van der Waals surface area (Å²) in [5.74, 6) is 0.605. The Morgan fingerprint density at radius 3 is 2.17 bits per heavy atom. The summed E-state index contributed by atoms with van der Waals surface area (Å²) in [6, 6.07) is -1.04. The molecule has 1 rings (SSSR count). The molecule has 0 aromatic rings. The molecule has 6 heteroatoms. The molecule has 1 saturated heterocycles. The highest BCUT2D eigenvalue weighted by Crippen LogP contribution is 2.17. The molecule has 0 aromatic heterocycles. The third-order valence-electron chi connectivity index (χ3n) is 3.99. The van der Waals surface area contributed by atoms with Crippen LogP contribution in [-0.2, 0) is 14.4 Å². The normalized spacial score (nSPS) is 21.4. The van der Waals surface area contributed by atoms with Gasteiger partial charge in [-0.25, -0.2) is 10.4 Å². The van der Waals surface area contributed by atoms with Crippen LogP contribution in [0, 0.1) is 11.8 Å². The minimum Gasteiger partial charge on any atom is -0.345 e. The minimum absolute atomic E-state index is 0.137. The van der Waals surface area contributed by atoms with Crippen LogP contribution >= 0.6 is 0 Å². The lowest BCUT2D eigenvalue weighted by molar-refractivity contribution is -0.129. The lowest BCUT2D eigenvalue weighted by Gasteiger charge is -2.29. The van der Waals surface area contributed by atoms with E-state index in [1.54, 1.807) is 0 Å². The standard InChI is InChI=1S/C17H31N3O3/c1-12(2)8-14(10-21)18-17(23)16-6-5-7-20(16)19-15(11-22)9-13(3)4/h10-16,19H,5-9H2,1-4H3,(H,18,23)/t14-,15-,16-/m0/s1. The Balaban J connectivity index is 2.61. The molecule has 1 aliphatic heterocycles. The van der Waals surface area contributed by atoms with Crippen molar-refractivity contribution < 1.29 is 14.4 Å². The van der Waals surface area contributed by atoms with E-state index >= 15 is 0 Å². The Bertz CT molecular complexity index is 399. The largest absolute Gasteiger partial charge is 0.345 e. The predicted molar refractivity (Wildman–Crippen MR) is 89.6 cm³/mol. The number of amides is 1. The van der Waals surface area contributed by atoms with Crippen LogP contribution < -0.4 is 10.7 Å². The molecule has 23 heavy (non-hydrogen) atoms. The van der Waals surface area contributed by atoms with E-state index < -0.39 is 6.04 Å². The first-order valence-corrected chi connectivity index (χ1v) is 8.61. The first-order chi connectivity index (χ1) is 10.9. The van der Waals surface area contributed by atoms with Gasteiger partial charge in [-0.3, -0.25) is 4.79 Å². The average molecular weight is 325 g/mol. The molecule has 6 nitrogen and oxygen atoms in total. The summed E-state index contributed by atoms with van der Waals surface area (Å²) >= 11 is 0. The van der Waals surface area contributed by atoms with E-state index in [1.165, 1.54) is 0 Å².